The minimum absolute atomic E-state index is 0.0260. The molecule has 0 saturated carbocycles. The van der Waals surface area contributed by atoms with Crippen molar-refractivity contribution in [2.75, 3.05) is 31.5 Å². The molecular weight excluding hydrogens is 325 g/mol. The molecule has 1 aromatic rings. The van der Waals surface area contributed by atoms with Gasteiger partial charge in [0.1, 0.15) is 4.34 Å². The van der Waals surface area contributed by atoms with Gasteiger partial charge in [-0.1, -0.05) is 22.9 Å². The second-order valence-electron chi connectivity index (χ2n) is 5.05. The van der Waals surface area contributed by atoms with Crippen LogP contribution in [0, 0.1) is 5.26 Å². The normalized spacial score (nSPS) is 19.1. The van der Waals surface area contributed by atoms with Crippen molar-refractivity contribution in [2.45, 2.75) is 31.2 Å². The predicted molar refractivity (Wildman–Crippen MR) is 79.0 cm³/mol. The molecule has 0 radical (unpaired) electrons. The summed E-state index contributed by atoms with van der Waals surface area (Å²) in [5.74, 6) is -2.93. The summed E-state index contributed by atoms with van der Waals surface area (Å²) >= 11 is 6.28. The van der Waals surface area contributed by atoms with Crippen molar-refractivity contribution in [1.29, 1.82) is 0 Å². The topological polar surface area (TPSA) is 49.0 Å². The average Bonchev–Trinajstić information content (AvgIpc) is 3.02. The van der Waals surface area contributed by atoms with Gasteiger partial charge < -0.3 is 16.0 Å². The Kier molecular flexibility index (Phi) is 6.09. The van der Waals surface area contributed by atoms with E-state index in [0.717, 1.165) is 19.4 Å². The van der Waals surface area contributed by atoms with Gasteiger partial charge in [-0.15, -0.1) is 0 Å². The number of alkyl halides is 2. The third-order valence-corrected chi connectivity index (χ3v) is 4.34. The molecule has 4 nitrogen and oxygen atoms in total. The Morgan fingerprint density at radius 3 is 2.90 bits per heavy atom. The summed E-state index contributed by atoms with van der Waals surface area (Å²) in [7, 11) is 0. The van der Waals surface area contributed by atoms with Gasteiger partial charge in [-0.05, 0) is 19.4 Å². The maximum Gasteiger partial charge on any atom is 0.272 e. The van der Waals surface area contributed by atoms with Crippen LogP contribution in [-0.4, -0.2) is 43.1 Å². The van der Waals surface area contributed by atoms with E-state index in [1.165, 1.54) is 0 Å². The van der Waals surface area contributed by atoms with Gasteiger partial charge >= 0.3 is 0 Å². The van der Waals surface area contributed by atoms with Gasteiger partial charge in [0.2, 0.25) is 0 Å². The van der Waals surface area contributed by atoms with Gasteiger partial charge in [-0.3, -0.25) is 0 Å². The Morgan fingerprint density at radius 1 is 1.48 bits per heavy atom. The van der Waals surface area contributed by atoms with E-state index in [1.54, 1.807) is 0 Å². The number of halogens is 4. The van der Waals surface area contributed by atoms with E-state index in [-0.39, 0.29) is 23.1 Å². The zero-order valence-electron chi connectivity index (χ0n) is 11.4. The molecule has 21 heavy (non-hydrogen) atoms. The summed E-state index contributed by atoms with van der Waals surface area (Å²) < 4.78 is 40.2. The number of thiazole rings is 1. The minimum atomic E-state index is -2.90. The van der Waals surface area contributed by atoms with Gasteiger partial charge in [0.05, 0.1) is 6.54 Å². The fraction of sp³-hybridized carbons (Fsp3) is 0.750. The minimum Gasteiger partial charge on any atom is -0.362 e. The molecule has 1 aliphatic heterocycles. The molecule has 0 aliphatic carbocycles. The zero-order valence-corrected chi connectivity index (χ0v) is 13.0. The maximum atomic E-state index is 13.7. The Balaban J connectivity index is 1.65. The summed E-state index contributed by atoms with van der Waals surface area (Å²) in [4.78, 5) is 3.41. The maximum absolute atomic E-state index is 13.7. The Bertz CT molecular complexity index is 452. The monoisotopic (exact) mass is 342 g/mol. The second kappa shape index (κ2) is 7.62. The van der Waals surface area contributed by atoms with E-state index >= 15 is 0 Å². The molecule has 1 aromatic heterocycles. The first-order valence-corrected chi connectivity index (χ1v) is 8.03. The molecule has 9 heteroatoms. The van der Waals surface area contributed by atoms with Crippen LogP contribution in [-0.2, 0) is 0 Å². The number of hydrogen-bond acceptors (Lipinski definition) is 5. The van der Waals surface area contributed by atoms with Gasteiger partial charge in [-0.25, -0.2) is 8.78 Å². The van der Waals surface area contributed by atoms with Crippen LogP contribution >= 0.6 is 22.9 Å². The first-order valence-electron chi connectivity index (χ1n) is 6.84. The summed E-state index contributed by atoms with van der Waals surface area (Å²) in [6.07, 6.45) is 1.92. The highest BCUT2D eigenvalue weighted by Gasteiger charge is 2.29. The first-order chi connectivity index (χ1) is 9.96. The molecule has 0 bridgehead atoms. The van der Waals surface area contributed by atoms with Gasteiger partial charge in [0.15, 0.2) is 5.82 Å². The number of nitrogens with one attached hydrogen (secondary N) is 3. The third kappa shape index (κ3) is 5.61. The average molecular weight is 343 g/mol. The van der Waals surface area contributed by atoms with Gasteiger partial charge in [0, 0.05) is 25.6 Å². The SMILES string of the molecule is Fc1nc(NCC(F)(F)CCNC[C@@H]2CCCN2)c(Cl)s1. The summed E-state index contributed by atoms with van der Waals surface area (Å²) in [6.45, 7) is 1.31. The lowest BCUT2D eigenvalue weighted by molar-refractivity contribution is 0.00689. The highest BCUT2D eigenvalue weighted by atomic mass is 35.5. The Labute approximate surface area is 130 Å². The van der Waals surface area contributed by atoms with Crippen LogP contribution in [0.25, 0.3) is 0 Å². The second-order valence-corrected chi connectivity index (χ2v) is 6.60. The van der Waals surface area contributed by atoms with E-state index in [0.29, 0.717) is 23.9 Å². The molecule has 0 spiro atoms. The molecule has 2 rings (SSSR count). The zero-order chi connectivity index (χ0) is 15.3. The smallest absolute Gasteiger partial charge is 0.272 e. The van der Waals surface area contributed by atoms with Crippen LogP contribution in [0.15, 0.2) is 0 Å². The molecule has 120 valence electrons. The van der Waals surface area contributed by atoms with Crippen molar-refractivity contribution < 1.29 is 13.2 Å². The van der Waals surface area contributed by atoms with Crippen molar-refractivity contribution in [3.63, 3.8) is 0 Å². The molecule has 1 atom stereocenters. The summed E-state index contributed by atoms with van der Waals surface area (Å²) in [5.41, 5.74) is 0. The highest BCUT2D eigenvalue weighted by Crippen LogP contribution is 2.28. The predicted octanol–water partition coefficient (Wildman–Crippen LogP) is 2.71. The summed E-state index contributed by atoms with van der Waals surface area (Å²) in [5, 5.41) is 7.97. The lowest BCUT2D eigenvalue weighted by Crippen LogP contribution is -2.37. The molecule has 0 unspecified atom stereocenters. The fourth-order valence-electron chi connectivity index (χ4n) is 2.17. The molecule has 1 saturated heterocycles. The first kappa shape index (κ1) is 16.8. The quantitative estimate of drug-likeness (QED) is 0.636. The van der Waals surface area contributed by atoms with E-state index in [4.69, 9.17) is 11.6 Å². The van der Waals surface area contributed by atoms with Crippen LogP contribution in [0.5, 0.6) is 0 Å². The van der Waals surface area contributed by atoms with Gasteiger partial charge in [-0.2, -0.15) is 9.37 Å². The summed E-state index contributed by atoms with van der Waals surface area (Å²) in [6, 6.07) is 0.383. The van der Waals surface area contributed by atoms with Crippen LogP contribution in [0.1, 0.15) is 19.3 Å². The molecule has 0 aromatic carbocycles. The van der Waals surface area contributed by atoms with E-state index in [2.05, 4.69) is 20.9 Å². The fourth-order valence-corrected chi connectivity index (χ4v) is 2.97. The number of nitrogens with zero attached hydrogens (tertiary/aromatic N) is 1. The van der Waals surface area contributed by atoms with Gasteiger partial charge in [0.25, 0.3) is 11.2 Å². The van der Waals surface area contributed by atoms with Crippen LogP contribution in [0.2, 0.25) is 4.34 Å². The number of anilines is 1. The van der Waals surface area contributed by atoms with E-state index < -0.39 is 17.7 Å². The molecule has 3 N–H and O–H groups in total. The van der Waals surface area contributed by atoms with Crippen LogP contribution < -0.4 is 16.0 Å². The number of rotatable bonds is 8. The lowest BCUT2D eigenvalue weighted by Gasteiger charge is -2.18. The Morgan fingerprint density at radius 2 is 2.29 bits per heavy atom. The van der Waals surface area contributed by atoms with Crippen LogP contribution in [0.4, 0.5) is 19.0 Å². The van der Waals surface area contributed by atoms with E-state index in [9.17, 15) is 13.2 Å². The van der Waals surface area contributed by atoms with Crippen molar-refractivity contribution in [2.24, 2.45) is 0 Å². The van der Waals surface area contributed by atoms with E-state index in [1.807, 2.05) is 0 Å². The number of hydrogen-bond donors (Lipinski definition) is 3. The molecule has 0 amide bonds. The van der Waals surface area contributed by atoms with Crippen molar-refractivity contribution in [1.82, 2.24) is 15.6 Å². The largest absolute Gasteiger partial charge is 0.362 e. The Hall–Kier alpha value is -0.570. The van der Waals surface area contributed by atoms with Crippen molar-refractivity contribution in [3.8, 4) is 0 Å². The number of aromatic nitrogens is 1. The molecule has 1 aliphatic rings. The molecule has 2 heterocycles. The highest BCUT2D eigenvalue weighted by molar-refractivity contribution is 7.15. The van der Waals surface area contributed by atoms with Crippen LogP contribution in [0.3, 0.4) is 0 Å². The third-order valence-electron chi connectivity index (χ3n) is 3.29. The molecular formula is C12H18ClF3N4S. The molecule has 1 fully saturated rings. The van der Waals surface area contributed by atoms with Crippen molar-refractivity contribution >= 4 is 28.8 Å². The van der Waals surface area contributed by atoms with Crippen molar-refractivity contribution in [3.05, 3.63) is 9.60 Å². The standard InChI is InChI=1S/C12H18ClF3N4S/c13-9-10(20-11(14)21-9)19-7-12(15,16)3-5-17-6-8-2-1-4-18-8/h8,17-19H,1-7H2/t8-/m0/s1. The lowest BCUT2D eigenvalue weighted by atomic mass is 10.2.